The Morgan fingerprint density at radius 2 is 1.77 bits per heavy atom. The molecule has 2 fully saturated rings. The Morgan fingerprint density at radius 3 is 2.40 bits per heavy atom. The molecule has 2 saturated carbocycles. The van der Waals surface area contributed by atoms with Gasteiger partial charge >= 0.3 is 12.1 Å². The number of hydrogen-bond donors (Lipinski definition) is 3. The van der Waals surface area contributed by atoms with Gasteiger partial charge in [0.15, 0.2) is 0 Å². The SMILES string of the molecule is Cc1nc(/C(N)=C(\COC(=O)N(C)C2CCCC2)N(C)N)ccc1OC1CCCCC(C(=O)O)C1. The number of nitrogens with two attached hydrogens (primary N) is 2. The first-order valence-electron chi connectivity index (χ1n) is 12.4. The van der Waals surface area contributed by atoms with Crippen LogP contribution >= 0.6 is 0 Å². The first-order valence-corrected chi connectivity index (χ1v) is 12.4. The van der Waals surface area contributed by atoms with Crippen molar-refractivity contribution in [3.8, 4) is 5.75 Å². The Balaban J connectivity index is 1.69. The summed E-state index contributed by atoms with van der Waals surface area (Å²) in [5.74, 6) is 5.45. The van der Waals surface area contributed by atoms with Crippen LogP contribution in [0.25, 0.3) is 5.70 Å². The van der Waals surface area contributed by atoms with Crippen LogP contribution in [0, 0.1) is 12.8 Å². The van der Waals surface area contributed by atoms with E-state index in [4.69, 9.17) is 21.1 Å². The largest absolute Gasteiger partial charge is 0.489 e. The number of carbonyl (C=O) groups excluding carboxylic acids is 1. The van der Waals surface area contributed by atoms with Crippen LogP contribution in [0.1, 0.15) is 69.2 Å². The highest BCUT2D eigenvalue weighted by molar-refractivity contribution is 5.70. The van der Waals surface area contributed by atoms with Crippen LogP contribution in [0.15, 0.2) is 17.8 Å². The van der Waals surface area contributed by atoms with Crippen molar-refractivity contribution in [2.75, 3.05) is 20.7 Å². The lowest BCUT2D eigenvalue weighted by Gasteiger charge is -2.25. The summed E-state index contributed by atoms with van der Waals surface area (Å²) in [4.78, 5) is 30.2. The fourth-order valence-electron chi connectivity index (χ4n) is 4.84. The van der Waals surface area contributed by atoms with E-state index in [-0.39, 0.29) is 24.7 Å². The van der Waals surface area contributed by atoms with Gasteiger partial charge in [-0.25, -0.2) is 15.6 Å². The van der Waals surface area contributed by atoms with E-state index >= 15 is 0 Å². The van der Waals surface area contributed by atoms with Crippen molar-refractivity contribution >= 4 is 17.8 Å². The molecule has 2 aliphatic rings. The van der Waals surface area contributed by atoms with Crippen molar-refractivity contribution < 1.29 is 24.2 Å². The quantitative estimate of drug-likeness (QED) is 0.285. The second kappa shape index (κ2) is 12.1. The second-order valence-electron chi connectivity index (χ2n) is 9.65. The zero-order valence-corrected chi connectivity index (χ0v) is 21.0. The van der Waals surface area contributed by atoms with Crippen LogP contribution in [0.4, 0.5) is 4.79 Å². The van der Waals surface area contributed by atoms with Gasteiger partial charge in [-0.2, -0.15) is 0 Å². The van der Waals surface area contributed by atoms with Gasteiger partial charge in [-0.3, -0.25) is 4.79 Å². The maximum Gasteiger partial charge on any atom is 0.410 e. The number of carboxylic acid groups (broad SMARTS) is 1. The predicted molar refractivity (Wildman–Crippen MR) is 132 cm³/mol. The first-order chi connectivity index (χ1) is 16.7. The maximum atomic E-state index is 12.5. The molecule has 10 nitrogen and oxygen atoms in total. The summed E-state index contributed by atoms with van der Waals surface area (Å²) in [6, 6.07) is 3.73. The fourth-order valence-corrected chi connectivity index (χ4v) is 4.84. The third-order valence-electron chi connectivity index (χ3n) is 7.06. The van der Waals surface area contributed by atoms with Gasteiger partial charge in [-0.15, -0.1) is 0 Å². The van der Waals surface area contributed by atoms with Gasteiger partial charge in [-0.1, -0.05) is 19.3 Å². The lowest BCUT2D eigenvalue weighted by atomic mass is 9.99. The average Bonchev–Trinajstić information content (AvgIpc) is 3.25. The van der Waals surface area contributed by atoms with E-state index < -0.39 is 12.1 Å². The van der Waals surface area contributed by atoms with Gasteiger partial charge in [-0.05, 0) is 57.6 Å². The highest BCUT2D eigenvalue weighted by atomic mass is 16.6. The molecule has 1 aromatic heterocycles. The summed E-state index contributed by atoms with van der Waals surface area (Å²) >= 11 is 0. The second-order valence-corrected chi connectivity index (χ2v) is 9.65. The Hall–Kier alpha value is -3.01. The molecule has 1 amide bonds. The van der Waals surface area contributed by atoms with Crippen LogP contribution in [0.3, 0.4) is 0 Å². The molecule has 0 saturated heterocycles. The molecule has 2 aliphatic carbocycles. The van der Waals surface area contributed by atoms with E-state index in [0.29, 0.717) is 41.4 Å². The number of aliphatic carboxylic acids is 1. The number of carbonyl (C=O) groups is 2. The Morgan fingerprint density at radius 1 is 1.11 bits per heavy atom. The van der Waals surface area contributed by atoms with E-state index in [1.165, 1.54) is 5.01 Å². The molecule has 5 N–H and O–H groups in total. The van der Waals surface area contributed by atoms with Crippen LogP contribution in [0.5, 0.6) is 5.75 Å². The standard InChI is InChI=1S/C25H39N5O5/c1-16-22(35-19-11-7-4-8-17(14-19)24(31)32)13-12-20(28-16)23(26)21(30(3)27)15-34-25(33)29(2)18-9-5-6-10-18/h12-13,17-19H,4-11,14-15,26-27H2,1-3H3,(H,31,32)/b23-21-. The van der Waals surface area contributed by atoms with Gasteiger partial charge in [0, 0.05) is 20.1 Å². The van der Waals surface area contributed by atoms with Crippen molar-refractivity contribution in [1.82, 2.24) is 14.9 Å². The molecule has 0 aliphatic heterocycles. The molecule has 3 rings (SSSR count). The summed E-state index contributed by atoms with van der Waals surface area (Å²) in [5.41, 5.74) is 8.26. The minimum atomic E-state index is -0.767. The summed E-state index contributed by atoms with van der Waals surface area (Å²) in [7, 11) is 3.39. The zero-order chi connectivity index (χ0) is 25.5. The number of ether oxygens (including phenoxy) is 2. The van der Waals surface area contributed by atoms with Crippen molar-refractivity contribution in [1.29, 1.82) is 0 Å². The summed E-state index contributed by atoms with van der Waals surface area (Å²) in [6.07, 6.45) is 7.47. The van der Waals surface area contributed by atoms with E-state index in [1.54, 1.807) is 31.1 Å². The Bertz CT molecular complexity index is 929. The molecule has 10 heteroatoms. The maximum absolute atomic E-state index is 12.5. The topological polar surface area (TPSA) is 144 Å². The molecular weight excluding hydrogens is 450 g/mol. The summed E-state index contributed by atoms with van der Waals surface area (Å²) in [5, 5.41) is 10.8. The molecule has 2 atom stereocenters. The van der Waals surface area contributed by atoms with Gasteiger partial charge < -0.3 is 30.2 Å². The number of aromatic nitrogens is 1. The molecule has 194 valence electrons. The minimum absolute atomic E-state index is 0.0770. The number of carboxylic acids is 1. The Labute approximate surface area is 207 Å². The van der Waals surface area contributed by atoms with E-state index in [0.717, 1.165) is 44.9 Å². The number of nitrogens with zero attached hydrogens (tertiary/aromatic N) is 3. The lowest BCUT2D eigenvalue weighted by molar-refractivity contribution is -0.142. The molecule has 35 heavy (non-hydrogen) atoms. The lowest BCUT2D eigenvalue weighted by Crippen LogP contribution is -2.37. The zero-order valence-electron chi connectivity index (χ0n) is 21.0. The van der Waals surface area contributed by atoms with Gasteiger partial charge in [0.2, 0.25) is 0 Å². The summed E-state index contributed by atoms with van der Waals surface area (Å²) < 4.78 is 11.7. The number of aryl methyl sites for hydroxylation is 1. The van der Waals surface area contributed by atoms with Crippen molar-refractivity contribution in [3.63, 3.8) is 0 Å². The third-order valence-corrected chi connectivity index (χ3v) is 7.06. The van der Waals surface area contributed by atoms with Crippen LogP contribution in [0.2, 0.25) is 0 Å². The highest BCUT2D eigenvalue weighted by Gasteiger charge is 2.27. The molecule has 0 bridgehead atoms. The first kappa shape index (κ1) is 26.6. The Kier molecular flexibility index (Phi) is 9.20. The average molecular weight is 490 g/mol. The van der Waals surface area contributed by atoms with E-state index in [2.05, 4.69) is 4.98 Å². The predicted octanol–water partition coefficient (Wildman–Crippen LogP) is 3.25. The molecule has 1 aromatic rings. The molecular formula is C25H39N5O5. The third kappa shape index (κ3) is 7.00. The van der Waals surface area contributed by atoms with E-state index in [1.807, 2.05) is 6.92 Å². The van der Waals surface area contributed by atoms with Crippen molar-refractivity contribution in [2.24, 2.45) is 17.5 Å². The number of likely N-dealkylation sites (N-methyl/N-ethyl adjacent to an activating group) is 1. The smallest absolute Gasteiger partial charge is 0.410 e. The van der Waals surface area contributed by atoms with Crippen LogP contribution in [-0.4, -0.2) is 64.9 Å². The van der Waals surface area contributed by atoms with Gasteiger partial charge in [0.1, 0.15) is 12.4 Å². The number of pyridine rings is 1. The molecule has 2 unspecified atom stereocenters. The van der Waals surface area contributed by atoms with Crippen LogP contribution in [-0.2, 0) is 9.53 Å². The minimum Gasteiger partial charge on any atom is -0.489 e. The fraction of sp³-hybridized carbons (Fsp3) is 0.640. The number of amides is 1. The van der Waals surface area contributed by atoms with E-state index in [9.17, 15) is 14.7 Å². The monoisotopic (exact) mass is 489 g/mol. The molecule has 0 aromatic carbocycles. The van der Waals surface area contributed by atoms with Crippen LogP contribution < -0.4 is 16.3 Å². The number of rotatable bonds is 8. The molecule has 1 heterocycles. The molecule has 0 radical (unpaired) electrons. The van der Waals surface area contributed by atoms with Crippen molar-refractivity contribution in [2.45, 2.75) is 76.9 Å². The van der Waals surface area contributed by atoms with Gasteiger partial charge in [0.05, 0.1) is 34.8 Å². The molecule has 0 spiro atoms. The number of hydrazine groups is 1. The van der Waals surface area contributed by atoms with Gasteiger partial charge in [0.25, 0.3) is 0 Å². The van der Waals surface area contributed by atoms with Crippen molar-refractivity contribution in [3.05, 3.63) is 29.2 Å². The summed E-state index contributed by atoms with van der Waals surface area (Å²) in [6.45, 7) is 1.74. The normalized spacial score (nSPS) is 21.6. The highest BCUT2D eigenvalue weighted by Crippen LogP contribution is 2.29. The number of hydrogen-bond acceptors (Lipinski definition) is 8.